The highest BCUT2D eigenvalue weighted by atomic mass is 32.2. The van der Waals surface area contributed by atoms with E-state index in [1.54, 1.807) is 6.07 Å². The normalized spacial score (nSPS) is 16.3. The first-order valence-corrected chi connectivity index (χ1v) is 12.1. The lowest BCUT2D eigenvalue weighted by molar-refractivity contribution is -0.127. The topological polar surface area (TPSA) is 79.0 Å². The quantitative estimate of drug-likeness (QED) is 0.740. The van der Waals surface area contributed by atoms with Crippen LogP contribution in [0.2, 0.25) is 0 Å². The number of nitrogens with one attached hydrogen (secondary N) is 1. The number of para-hydroxylation sites is 1. The number of hydrogen-bond donors (Lipinski definition) is 1. The Morgan fingerprint density at radius 1 is 1.19 bits per heavy atom. The highest BCUT2D eigenvalue weighted by Crippen LogP contribution is 2.38. The van der Waals surface area contributed by atoms with Gasteiger partial charge in [0.25, 0.3) is 5.91 Å². The maximum Gasteiger partial charge on any atom is 0.263 e. The van der Waals surface area contributed by atoms with E-state index in [-0.39, 0.29) is 17.9 Å². The fourth-order valence-electron chi connectivity index (χ4n) is 3.44. The fourth-order valence-corrected chi connectivity index (χ4v) is 4.35. The van der Waals surface area contributed by atoms with Gasteiger partial charge in [0.15, 0.2) is 6.10 Å². The SMILES string of the molecule is CN(CCNC(=O)C1CN(S(C)(=O)=O)c2cc(C(C)(C)C)ccc2O1)c1ccccc1. The second-order valence-electron chi connectivity index (χ2n) is 8.88. The van der Waals surface area contributed by atoms with Crippen molar-refractivity contribution in [3.8, 4) is 5.75 Å². The molecule has 2 aromatic carbocycles. The molecule has 1 heterocycles. The Morgan fingerprint density at radius 3 is 2.48 bits per heavy atom. The molecule has 0 saturated heterocycles. The number of nitrogens with zero attached hydrogens (tertiary/aromatic N) is 2. The van der Waals surface area contributed by atoms with Gasteiger partial charge < -0.3 is 15.0 Å². The molecule has 168 valence electrons. The van der Waals surface area contributed by atoms with Crippen LogP contribution in [0.4, 0.5) is 11.4 Å². The largest absolute Gasteiger partial charge is 0.476 e. The zero-order valence-electron chi connectivity index (χ0n) is 18.8. The highest BCUT2D eigenvalue weighted by molar-refractivity contribution is 7.92. The molecule has 0 fully saturated rings. The third-order valence-corrected chi connectivity index (χ3v) is 6.48. The molecule has 0 bridgehead atoms. The van der Waals surface area contributed by atoms with Gasteiger partial charge in [0.1, 0.15) is 5.75 Å². The van der Waals surface area contributed by atoms with E-state index in [2.05, 4.69) is 26.1 Å². The van der Waals surface area contributed by atoms with E-state index in [0.717, 1.165) is 17.5 Å². The fraction of sp³-hybridized carbons (Fsp3) is 0.435. The second kappa shape index (κ2) is 8.78. The summed E-state index contributed by atoms with van der Waals surface area (Å²) in [5.74, 6) is 0.0619. The molecule has 0 aromatic heterocycles. The number of sulfonamides is 1. The van der Waals surface area contributed by atoms with Crippen LogP contribution in [0.5, 0.6) is 5.75 Å². The summed E-state index contributed by atoms with van der Waals surface area (Å²) < 4.78 is 32.1. The molecule has 1 N–H and O–H groups in total. The van der Waals surface area contributed by atoms with Gasteiger partial charge in [-0.2, -0.15) is 0 Å². The highest BCUT2D eigenvalue weighted by Gasteiger charge is 2.35. The molecule has 3 rings (SSSR count). The van der Waals surface area contributed by atoms with Crippen molar-refractivity contribution < 1.29 is 17.9 Å². The van der Waals surface area contributed by atoms with Crippen molar-refractivity contribution in [1.82, 2.24) is 5.32 Å². The summed E-state index contributed by atoms with van der Waals surface area (Å²) in [6.45, 7) is 7.16. The first-order valence-electron chi connectivity index (χ1n) is 10.3. The number of likely N-dealkylation sites (N-methyl/N-ethyl adjacent to an activating group) is 1. The summed E-state index contributed by atoms with van der Waals surface area (Å²) in [5.41, 5.74) is 2.38. The molecular formula is C23H31N3O4S. The van der Waals surface area contributed by atoms with E-state index in [1.165, 1.54) is 4.31 Å². The van der Waals surface area contributed by atoms with E-state index < -0.39 is 16.1 Å². The molecule has 2 aromatic rings. The van der Waals surface area contributed by atoms with Gasteiger partial charge in [0, 0.05) is 25.8 Å². The molecule has 0 aliphatic carbocycles. The van der Waals surface area contributed by atoms with Gasteiger partial charge in [-0.05, 0) is 35.2 Å². The van der Waals surface area contributed by atoms with Crippen LogP contribution in [-0.4, -0.2) is 53.4 Å². The number of anilines is 2. The van der Waals surface area contributed by atoms with E-state index in [0.29, 0.717) is 24.5 Å². The van der Waals surface area contributed by atoms with E-state index in [9.17, 15) is 13.2 Å². The van der Waals surface area contributed by atoms with Crippen molar-refractivity contribution in [3.05, 3.63) is 54.1 Å². The number of hydrogen-bond acceptors (Lipinski definition) is 5. The number of amides is 1. The Kier molecular flexibility index (Phi) is 6.50. The van der Waals surface area contributed by atoms with E-state index in [4.69, 9.17) is 4.74 Å². The van der Waals surface area contributed by atoms with Crippen molar-refractivity contribution >= 4 is 27.3 Å². The number of rotatable bonds is 6. The maximum atomic E-state index is 12.7. The molecule has 1 aliphatic rings. The molecule has 1 atom stereocenters. The molecule has 1 unspecified atom stereocenters. The standard InChI is InChI=1S/C23H31N3O4S/c1-23(2,3)17-11-12-20-19(15-17)26(31(5,28)29)16-21(30-20)22(27)24-13-14-25(4)18-9-7-6-8-10-18/h6-12,15,21H,13-14,16H2,1-5H3,(H,24,27). The molecule has 31 heavy (non-hydrogen) atoms. The van der Waals surface area contributed by atoms with Gasteiger partial charge in [-0.25, -0.2) is 8.42 Å². The lowest BCUT2D eigenvalue weighted by Crippen LogP contribution is -2.51. The molecule has 7 nitrogen and oxygen atoms in total. The summed E-state index contributed by atoms with van der Waals surface area (Å²) in [5, 5.41) is 2.86. The van der Waals surface area contributed by atoms with Crippen molar-refractivity contribution in [3.63, 3.8) is 0 Å². The third kappa shape index (κ3) is 5.50. The van der Waals surface area contributed by atoms with Crippen LogP contribution >= 0.6 is 0 Å². The predicted octanol–water partition coefficient (Wildman–Crippen LogP) is 2.76. The number of benzene rings is 2. The summed E-state index contributed by atoms with van der Waals surface area (Å²) in [7, 11) is -1.62. The lowest BCUT2D eigenvalue weighted by atomic mass is 9.86. The Balaban J connectivity index is 1.71. The van der Waals surface area contributed by atoms with Crippen LogP contribution in [0.15, 0.2) is 48.5 Å². The maximum absolute atomic E-state index is 12.7. The van der Waals surface area contributed by atoms with Crippen molar-refractivity contribution in [1.29, 1.82) is 0 Å². The minimum Gasteiger partial charge on any atom is -0.476 e. The molecule has 0 saturated carbocycles. The van der Waals surface area contributed by atoms with E-state index in [1.807, 2.05) is 54.4 Å². The predicted molar refractivity (Wildman–Crippen MR) is 124 cm³/mol. The summed E-state index contributed by atoms with van der Waals surface area (Å²) in [4.78, 5) is 14.8. The molecular weight excluding hydrogens is 414 g/mol. The second-order valence-corrected chi connectivity index (χ2v) is 10.8. The Bertz CT molecular complexity index is 1030. The average molecular weight is 446 g/mol. The number of fused-ring (bicyclic) bond motifs is 1. The minimum absolute atomic E-state index is 0.0558. The molecule has 8 heteroatoms. The van der Waals surface area contributed by atoms with Gasteiger partial charge in [0.2, 0.25) is 10.0 Å². The van der Waals surface area contributed by atoms with Crippen LogP contribution in [0.1, 0.15) is 26.3 Å². The van der Waals surface area contributed by atoms with Gasteiger partial charge in [0.05, 0.1) is 18.5 Å². The van der Waals surface area contributed by atoms with E-state index >= 15 is 0 Å². The van der Waals surface area contributed by atoms with Crippen molar-refractivity contribution in [2.45, 2.75) is 32.3 Å². The smallest absolute Gasteiger partial charge is 0.263 e. The summed E-state index contributed by atoms with van der Waals surface area (Å²) >= 11 is 0. The Hall–Kier alpha value is -2.74. The molecule has 0 radical (unpaired) electrons. The van der Waals surface area contributed by atoms with Gasteiger partial charge in [-0.3, -0.25) is 9.10 Å². The average Bonchev–Trinajstić information content (AvgIpc) is 2.71. The monoisotopic (exact) mass is 445 g/mol. The van der Waals surface area contributed by atoms with Crippen LogP contribution in [0.3, 0.4) is 0 Å². The Labute approximate surface area is 185 Å². The number of ether oxygens (including phenoxy) is 1. The third-order valence-electron chi connectivity index (χ3n) is 5.33. The van der Waals surface area contributed by atoms with Crippen molar-refractivity contribution in [2.75, 3.05) is 42.1 Å². The molecule has 1 aliphatic heterocycles. The minimum atomic E-state index is -3.57. The number of carbonyl (C=O) groups is 1. The zero-order valence-corrected chi connectivity index (χ0v) is 19.6. The van der Waals surface area contributed by atoms with Crippen LogP contribution in [0, 0.1) is 0 Å². The summed E-state index contributed by atoms with van der Waals surface area (Å²) in [6, 6.07) is 15.4. The van der Waals surface area contributed by atoms with Crippen LogP contribution < -0.4 is 19.3 Å². The molecule has 1 amide bonds. The van der Waals surface area contributed by atoms with Crippen LogP contribution in [-0.2, 0) is 20.2 Å². The first kappa shape index (κ1) is 22.9. The van der Waals surface area contributed by atoms with Gasteiger partial charge in [-0.1, -0.05) is 45.0 Å². The zero-order chi connectivity index (χ0) is 22.8. The van der Waals surface area contributed by atoms with Crippen molar-refractivity contribution in [2.24, 2.45) is 0 Å². The Morgan fingerprint density at radius 2 is 1.87 bits per heavy atom. The first-order chi connectivity index (χ1) is 14.5. The summed E-state index contributed by atoms with van der Waals surface area (Å²) in [6.07, 6.45) is 0.236. The molecule has 0 spiro atoms. The van der Waals surface area contributed by atoms with Gasteiger partial charge in [-0.15, -0.1) is 0 Å². The lowest BCUT2D eigenvalue weighted by Gasteiger charge is -2.35. The van der Waals surface area contributed by atoms with Gasteiger partial charge >= 0.3 is 0 Å². The number of carbonyl (C=O) groups excluding carboxylic acids is 1. The van der Waals surface area contributed by atoms with Crippen LogP contribution in [0.25, 0.3) is 0 Å².